The summed E-state index contributed by atoms with van der Waals surface area (Å²) in [5.74, 6) is -0.0598. The molecule has 9 heteroatoms. The van der Waals surface area contributed by atoms with E-state index in [9.17, 15) is 13.2 Å². The SMILES string of the molecule is CCN1CCN(C(=O)c2ccc(N3CCNCC3)c(NS(=O)(=O)c3cc(C)c(C)cc3C)c2)CC1. The average Bonchev–Trinajstić information content (AvgIpc) is 2.86. The molecule has 8 nitrogen and oxygen atoms in total. The van der Waals surface area contributed by atoms with Gasteiger partial charge in [-0.3, -0.25) is 9.52 Å². The van der Waals surface area contributed by atoms with Gasteiger partial charge in [0.2, 0.25) is 0 Å². The zero-order valence-corrected chi connectivity index (χ0v) is 22.0. The van der Waals surface area contributed by atoms with Crippen LogP contribution < -0.4 is 14.9 Å². The van der Waals surface area contributed by atoms with Crippen LogP contribution in [0, 0.1) is 20.8 Å². The maximum Gasteiger partial charge on any atom is 0.262 e. The van der Waals surface area contributed by atoms with Crippen LogP contribution in [0.3, 0.4) is 0 Å². The van der Waals surface area contributed by atoms with Crippen molar-refractivity contribution in [1.29, 1.82) is 0 Å². The van der Waals surface area contributed by atoms with Gasteiger partial charge in [0.25, 0.3) is 15.9 Å². The lowest BCUT2D eigenvalue weighted by molar-refractivity contribution is 0.0643. The third kappa shape index (κ3) is 5.63. The van der Waals surface area contributed by atoms with Crippen molar-refractivity contribution in [2.24, 2.45) is 0 Å². The minimum absolute atomic E-state index is 0.0598. The molecule has 2 heterocycles. The first-order valence-corrected chi connectivity index (χ1v) is 13.9. The summed E-state index contributed by atoms with van der Waals surface area (Å²) in [4.78, 5) is 19.9. The van der Waals surface area contributed by atoms with Gasteiger partial charge in [0.05, 0.1) is 16.3 Å². The lowest BCUT2D eigenvalue weighted by Crippen LogP contribution is -2.48. The van der Waals surface area contributed by atoms with Gasteiger partial charge in [-0.2, -0.15) is 0 Å². The Hall–Kier alpha value is -2.62. The monoisotopic (exact) mass is 499 g/mol. The van der Waals surface area contributed by atoms with Crippen LogP contribution in [0.1, 0.15) is 34.0 Å². The molecule has 4 rings (SSSR count). The summed E-state index contributed by atoms with van der Waals surface area (Å²) in [5.41, 5.74) is 4.42. The number of piperazine rings is 2. The van der Waals surface area contributed by atoms with Crippen LogP contribution in [-0.4, -0.2) is 83.0 Å². The molecule has 0 aliphatic carbocycles. The minimum Gasteiger partial charge on any atom is -0.367 e. The van der Waals surface area contributed by atoms with Crippen molar-refractivity contribution in [3.63, 3.8) is 0 Å². The Morgan fingerprint density at radius 1 is 0.914 bits per heavy atom. The first kappa shape index (κ1) is 25.5. The van der Waals surface area contributed by atoms with Crippen molar-refractivity contribution >= 4 is 27.3 Å². The second kappa shape index (κ2) is 10.6. The molecular formula is C26H37N5O3S. The van der Waals surface area contributed by atoms with Crippen LogP contribution in [0.2, 0.25) is 0 Å². The van der Waals surface area contributed by atoms with E-state index in [2.05, 4.69) is 26.8 Å². The van der Waals surface area contributed by atoms with E-state index in [0.29, 0.717) is 29.9 Å². The molecule has 190 valence electrons. The summed E-state index contributed by atoms with van der Waals surface area (Å²) in [6.07, 6.45) is 0. The Bertz CT molecular complexity index is 1180. The summed E-state index contributed by atoms with van der Waals surface area (Å²) in [5, 5.41) is 3.33. The normalized spacial score (nSPS) is 17.5. The molecule has 2 aliphatic rings. The number of aryl methyl sites for hydroxylation is 3. The molecule has 2 aromatic carbocycles. The number of carbonyl (C=O) groups excluding carboxylic acids is 1. The highest BCUT2D eigenvalue weighted by molar-refractivity contribution is 7.92. The first-order valence-electron chi connectivity index (χ1n) is 12.4. The summed E-state index contributed by atoms with van der Waals surface area (Å²) in [6, 6.07) is 9.04. The Labute approximate surface area is 209 Å². The van der Waals surface area contributed by atoms with E-state index >= 15 is 0 Å². The number of likely N-dealkylation sites (N-methyl/N-ethyl adjacent to an activating group) is 1. The lowest BCUT2D eigenvalue weighted by atomic mass is 10.1. The summed E-state index contributed by atoms with van der Waals surface area (Å²) < 4.78 is 29.9. The van der Waals surface area contributed by atoms with Crippen LogP contribution >= 0.6 is 0 Å². The maximum absolute atomic E-state index is 13.5. The number of benzene rings is 2. The largest absolute Gasteiger partial charge is 0.367 e. The maximum atomic E-state index is 13.5. The van der Waals surface area contributed by atoms with Crippen LogP contribution in [0.25, 0.3) is 0 Å². The highest BCUT2D eigenvalue weighted by Crippen LogP contribution is 2.31. The van der Waals surface area contributed by atoms with Gasteiger partial charge >= 0.3 is 0 Å². The Balaban J connectivity index is 1.68. The number of amides is 1. The molecule has 1 amide bonds. The summed E-state index contributed by atoms with van der Waals surface area (Å²) >= 11 is 0. The van der Waals surface area contributed by atoms with Gasteiger partial charge in [-0.25, -0.2) is 8.42 Å². The van der Waals surface area contributed by atoms with Gasteiger partial charge in [0.1, 0.15) is 0 Å². The van der Waals surface area contributed by atoms with Crippen LogP contribution in [0.4, 0.5) is 11.4 Å². The predicted molar refractivity (Wildman–Crippen MR) is 141 cm³/mol. The second-order valence-electron chi connectivity index (χ2n) is 9.50. The van der Waals surface area contributed by atoms with E-state index in [0.717, 1.165) is 62.6 Å². The molecule has 2 aromatic rings. The summed E-state index contributed by atoms with van der Waals surface area (Å²) in [6.45, 7) is 15.1. The number of hydrogen-bond donors (Lipinski definition) is 2. The number of nitrogens with one attached hydrogen (secondary N) is 2. The number of sulfonamides is 1. The number of carbonyl (C=O) groups is 1. The first-order chi connectivity index (χ1) is 16.7. The number of anilines is 2. The number of rotatable bonds is 6. The summed E-state index contributed by atoms with van der Waals surface area (Å²) in [7, 11) is -3.85. The predicted octanol–water partition coefficient (Wildman–Crippen LogP) is 2.60. The fraction of sp³-hybridized carbons (Fsp3) is 0.500. The van der Waals surface area contributed by atoms with Crippen molar-refractivity contribution < 1.29 is 13.2 Å². The molecule has 0 spiro atoms. The highest BCUT2D eigenvalue weighted by atomic mass is 32.2. The van der Waals surface area contributed by atoms with E-state index in [-0.39, 0.29) is 10.8 Å². The molecule has 2 saturated heterocycles. The molecule has 2 aliphatic heterocycles. The van der Waals surface area contributed by atoms with Gasteiger partial charge in [-0.1, -0.05) is 13.0 Å². The van der Waals surface area contributed by atoms with Gasteiger partial charge in [0.15, 0.2) is 0 Å². The van der Waals surface area contributed by atoms with Gasteiger partial charge in [0, 0.05) is 57.9 Å². The molecule has 2 fully saturated rings. The van der Waals surface area contributed by atoms with Crippen molar-refractivity contribution in [3.05, 3.63) is 52.6 Å². The van der Waals surface area contributed by atoms with Gasteiger partial charge in [-0.05, 0) is 68.3 Å². The Morgan fingerprint density at radius 3 is 2.23 bits per heavy atom. The molecular weight excluding hydrogens is 462 g/mol. The molecule has 35 heavy (non-hydrogen) atoms. The average molecular weight is 500 g/mol. The van der Waals surface area contributed by atoms with E-state index in [4.69, 9.17) is 0 Å². The Morgan fingerprint density at radius 2 is 1.57 bits per heavy atom. The fourth-order valence-corrected chi connectivity index (χ4v) is 6.18. The van der Waals surface area contributed by atoms with E-state index in [1.165, 1.54) is 0 Å². The molecule has 0 aromatic heterocycles. The van der Waals surface area contributed by atoms with E-state index in [1.807, 2.05) is 43.9 Å². The van der Waals surface area contributed by atoms with Crippen molar-refractivity contribution in [2.45, 2.75) is 32.6 Å². The van der Waals surface area contributed by atoms with Crippen molar-refractivity contribution in [3.8, 4) is 0 Å². The smallest absolute Gasteiger partial charge is 0.262 e. The second-order valence-corrected chi connectivity index (χ2v) is 11.2. The van der Waals surface area contributed by atoms with Gasteiger partial charge < -0.3 is 20.0 Å². The third-order valence-electron chi connectivity index (χ3n) is 7.13. The van der Waals surface area contributed by atoms with Crippen LogP contribution in [-0.2, 0) is 10.0 Å². The Kier molecular flexibility index (Phi) is 7.68. The minimum atomic E-state index is -3.85. The topological polar surface area (TPSA) is 85.0 Å². The van der Waals surface area contributed by atoms with Crippen molar-refractivity contribution in [1.82, 2.24) is 15.1 Å². The fourth-order valence-electron chi connectivity index (χ4n) is 4.81. The van der Waals surface area contributed by atoms with E-state index < -0.39 is 10.0 Å². The zero-order valence-electron chi connectivity index (χ0n) is 21.2. The van der Waals surface area contributed by atoms with Crippen molar-refractivity contribution in [2.75, 3.05) is 68.5 Å². The van der Waals surface area contributed by atoms with Crippen LogP contribution in [0.15, 0.2) is 35.2 Å². The molecule has 0 atom stereocenters. The third-order valence-corrected chi connectivity index (χ3v) is 8.64. The van der Waals surface area contributed by atoms with Crippen LogP contribution in [0.5, 0.6) is 0 Å². The molecule has 0 saturated carbocycles. The number of nitrogens with zero attached hydrogens (tertiary/aromatic N) is 3. The number of hydrogen-bond acceptors (Lipinski definition) is 6. The van der Waals surface area contributed by atoms with Gasteiger partial charge in [-0.15, -0.1) is 0 Å². The molecule has 0 bridgehead atoms. The zero-order chi connectivity index (χ0) is 25.2. The molecule has 0 unspecified atom stereocenters. The van der Waals surface area contributed by atoms with E-state index in [1.54, 1.807) is 12.1 Å². The quantitative estimate of drug-likeness (QED) is 0.636. The standard InChI is InChI=1S/C26H37N5O3S/c1-5-29-12-14-31(15-13-29)26(32)22-6-7-24(30-10-8-27-9-11-30)23(18-22)28-35(33,34)25-17-20(3)19(2)16-21(25)4/h6-7,16-18,27-28H,5,8-15H2,1-4H3. The highest BCUT2D eigenvalue weighted by Gasteiger charge is 2.25. The molecule has 2 N–H and O–H groups in total. The molecule has 0 radical (unpaired) electrons. The lowest BCUT2D eigenvalue weighted by Gasteiger charge is -2.34.